The van der Waals surface area contributed by atoms with Crippen LogP contribution < -0.4 is 10.6 Å². The third kappa shape index (κ3) is 6.36. The summed E-state index contributed by atoms with van der Waals surface area (Å²) in [5.74, 6) is 0. The van der Waals surface area contributed by atoms with Crippen LogP contribution in [0, 0.1) is 5.41 Å². The number of methoxy groups -OCH3 is 1. The predicted octanol–water partition coefficient (Wildman–Crippen LogP) is 1.02. The fraction of sp³-hybridized carbons (Fsp3) is 1.00. The van der Waals surface area contributed by atoms with Crippen LogP contribution in [0.5, 0.6) is 0 Å². The second-order valence-corrected chi connectivity index (χ2v) is 5.84. The number of hydrogen-bond donors (Lipinski definition) is 2. The van der Waals surface area contributed by atoms with Gasteiger partial charge in [-0.3, -0.25) is 0 Å². The second-order valence-electron chi connectivity index (χ2n) is 5.84. The van der Waals surface area contributed by atoms with Crippen molar-refractivity contribution < 1.29 is 9.47 Å². The van der Waals surface area contributed by atoms with Crippen LogP contribution in [0.15, 0.2) is 0 Å². The highest BCUT2D eigenvalue weighted by Gasteiger charge is 2.20. The van der Waals surface area contributed by atoms with Crippen molar-refractivity contribution in [3.8, 4) is 0 Å². The molecule has 4 nitrogen and oxygen atoms in total. The van der Waals surface area contributed by atoms with Crippen molar-refractivity contribution >= 4 is 0 Å². The van der Waals surface area contributed by atoms with Gasteiger partial charge in [-0.2, -0.15) is 0 Å². The summed E-state index contributed by atoms with van der Waals surface area (Å²) in [6.07, 6.45) is 1.11. The lowest BCUT2D eigenvalue weighted by atomic mass is 9.94. The molecule has 2 atom stereocenters. The van der Waals surface area contributed by atoms with E-state index in [1.165, 1.54) is 0 Å². The fourth-order valence-electron chi connectivity index (χ4n) is 2.17. The van der Waals surface area contributed by atoms with Crippen molar-refractivity contribution in [2.75, 3.05) is 40.0 Å². The topological polar surface area (TPSA) is 42.5 Å². The average Bonchev–Trinajstić information content (AvgIpc) is 2.28. The third-order valence-electron chi connectivity index (χ3n) is 3.10. The Kier molecular flexibility index (Phi) is 6.41. The van der Waals surface area contributed by atoms with E-state index in [-0.39, 0.29) is 5.41 Å². The molecule has 1 aliphatic rings. The molecule has 0 spiro atoms. The summed E-state index contributed by atoms with van der Waals surface area (Å²) >= 11 is 0. The molecule has 0 radical (unpaired) electrons. The predicted molar refractivity (Wildman–Crippen MR) is 70.3 cm³/mol. The average molecular weight is 244 g/mol. The molecule has 0 aromatic rings. The highest BCUT2D eigenvalue weighted by Crippen LogP contribution is 2.14. The molecule has 102 valence electrons. The van der Waals surface area contributed by atoms with E-state index >= 15 is 0 Å². The minimum Gasteiger partial charge on any atom is -0.384 e. The molecule has 2 unspecified atom stereocenters. The highest BCUT2D eigenvalue weighted by atomic mass is 16.5. The number of hydrogen-bond acceptors (Lipinski definition) is 4. The summed E-state index contributed by atoms with van der Waals surface area (Å²) < 4.78 is 10.7. The normalized spacial score (nSPS) is 23.6. The molecule has 0 aromatic carbocycles. The SMILES string of the molecule is COCC(C)(C)CNC(C)CC1COCCN1. The first-order valence-corrected chi connectivity index (χ1v) is 6.57. The summed E-state index contributed by atoms with van der Waals surface area (Å²) in [4.78, 5) is 0. The van der Waals surface area contributed by atoms with Crippen LogP contribution in [0.2, 0.25) is 0 Å². The molecular formula is C13H28N2O2. The van der Waals surface area contributed by atoms with Crippen LogP contribution in [0.25, 0.3) is 0 Å². The molecule has 0 aromatic heterocycles. The van der Waals surface area contributed by atoms with E-state index in [4.69, 9.17) is 9.47 Å². The van der Waals surface area contributed by atoms with E-state index in [0.717, 1.165) is 39.3 Å². The molecule has 2 N–H and O–H groups in total. The van der Waals surface area contributed by atoms with Gasteiger partial charge in [0.2, 0.25) is 0 Å². The Morgan fingerprint density at radius 3 is 2.88 bits per heavy atom. The zero-order valence-electron chi connectivity index (χ0n) is 11.7. The molecule has 4 heteroatoms. The zero-order chi connectivity index (χ0) is 12.7. The zero-order valence-corrected chi connectivity index (χ0v) is 11.7. The van der Waals surface area contributed by atoms with Crippen LogP contribution >= 0.6 is 0 Å². The summed E-state index contributed by atoms with van der Waals surface area (Å²) in [5.41, 5.74) is 0.194. The maximum atomic E-state index is 5.46. The van der Waals surface area contributed by atoms with Crippen molar-refractivity contribution in [2.24, 2.45) is 5.41 Å². The van der Waals surface area contributed by atoms with Gasteiger partial charge in [0.15, 0.2) is 0 Å². The molecule has 0 amide bonds. The molecule has 0 bridgehead atoms. The molecule has 0 saturated carbocycles. The van der Waals surface area contributed by atoms with Crippen LogP contribution in [0.3, 0.4) is 0 Å². The van der Waals surface area contributed by atoms with Crippen LogP contribution in [0.4, 0.5) is 0 Å². The van der Waals surface area contributed by atoms with Crippen molar-refractivity contribution in [2.45, 2.75) is 39.3 Å². The number of nitrogens with one attached hydrogen (secondary N) is 2. The van der Waals surface area contributed by atoms with Gasteiger partial charge in [0.1, 0.15) is 0 Å². The van der Waals surface area contributed by atoms with Gasteiger partial charge in [-0.1, -0.05) is 13.8 Å². The molecule has 1 aliphatic heterocycles. The lowest BCUT2D eigenvalue weighted by molar-refractivity contribution is 0.0691. The number of ether oxygens (including phenoxy) is 2. The summed E-state index contributed by atoms with van der Waals surface area (Å²) in [6, 6.07) is 1.00. The molecule has 17 heavy (non-hydrogen) atoms. The van der Waals surface area contributed by atoms with Crippen LogP contribution in [-0.2, 0) is 9.47 Å². The van der Waals surface area contributed by atoms with Gasteiger partial charge in [0.25, 0.3) is 0 Å². The molecule has 1 saturated heterocycles. The maximum absolute atomic E-state index is 5.46. The highest BCUT2D eigenvalue weighted by molar-refractivity contribution is 4.78. The molecule has 1 heterocycles. The third-order valence-corrected chi connectivity index (χ3v) is 3.10. The van der Waals surface area contributed by atoms with Crippen molar-refractivity contribution in [1.29, 1.82) is 0 Å². The van der Waals surface area contributed by atoms with Gasteiger partial charge in [-0.25, -0.2) is 0 Å². The molecule has 0 aliphatic carbocycles. The van der Waals surface area contributed by atoms with Gasteiger partial charge in [0.05, 0.1) is 19.8 Å². The summed E-state index contributed by atoms with van der Waals surface area (Å²) in [7, 11) is 1.76. The van der Waals surface area contributed by atoms with Crippen LogP contribution in [-0.4, -0.2) is 52.1 Å². The van der Waals surface area contributed by atoms with Gasteiger partial charge in [-0.15, -0.1) is 0 Å². The lowest BCUT2D eigenvalue weighted by Crippen LogP contribution is -2.46. The maximum Gasteiger partial charge on any atom is 0.0620 e. The lowest BCUT2D eigenvalue weighted by Gasteiger charge is -2.30. The molecular weight excluding hydrogens is 216 g/mol. The van der Waals surface area contributed by atoms with E-state index in [1.54, 1.807) is 7.11 Å². The van der Waals surface area contributed by atoms with E-state index < -0.39 is 0 Å². The minimum atomic E-state index is 0.194. The Morgan fingerprint density at radius 1 is 1.53 bits per heavy atom. The first-order valence-electron chi connectivity index (χ1n) is 6.57. The quantitative estimate of drug-likeness (QED) is 0.701. The summed E-state index contributed by atoms with van der Waals surface area (Å²) in [5, 5.41) is 7.06. The standard InChI is InChI=1S/C13H28N2O2/c1-11(7-12-8-17-6-5-14-12)15-9-13(2,3)10-16-4/h11-12,14-15H,5-10H2,1-4H3. The van der Waals surface area contributed by atoms with E-state index in [1.807, 2.05) is 0 Å². The Labute approximate surface area is 105 Å². The van der Waals surface area contributed by atoms with Gasteiger partial charge in [-0.05, 0) is 13.3 Å². The van der Waals surface area contributed by atoms with Crippen molar-refractivity contribution in [1.82, 2.24) is 10.6 Å². The fourth-order valence-corrected chi connectivity index (χ4v) is 2.17. The van der Waals surface area contributed by atoms with Gasteiger partial charge >= 0.3 is 0 Å². The first kappa shape index (κ1) is 14.9. The van der Waals surface area contributed by atoms with Gasteiger partial charge < -0.3 is 20.1 Å². The smallest absolute Gasteiger partial charge is 0.0620 e. The Hall–Kier alpha value is -0.160. The number of morpholine rings is 1. The minimum absolute atomic E-state index is 0.194. The van der Waals surface area contributed by atoms with E-state index in [2.05, 4.69) is 31.4 Å². The van der Waals surface area contributed by atoms with E-state index in [9.17, 15) is 0 Å². The van der Waals surface area contributed by atoms with Crippen LogP contribution in [0.1, 0.15) is 27.2 Å². The van der Waals surface area contributed by atoms with E-state index in [0.29, 0.717) is 12.1 Å². The largest absolute Gasteiger partial charge is 0.384 e. The van der Waals surface area contributed by atoms with Crippen molar-refractivity contribution in [3.63, 3.8) is 0 Å². The van der Waals surface area contributed by atoms with Gasteiger partial charge in [0, 0.05) is 37.7 Å². The Balaban J connectivity index is 2.17. The second kappa shape index (κ2) is 7.31. The molecule has 1 rings (SSSR count). The molecule has 1 fully saturated rings. The van der Waals surface area contributed by atoms with Crippen molar-refractivity contribution in [3.05, 3.63) is 0 Å². The Bertz CT molecular complexity index is 204. The monoisotopic (exact) mass is 244 g/mol. The number of rotatable bonds is 7. The Morgan fingerprint density at radius 2 is 2.29 bits per heavy atom. The summed E-state index contributed by atoms with van der Waals surface area (Å²) in [6.45, 7) is 11.1. The first-order chi connectivity index (χ1) is 8.03.